The maximum Gasteiger partial charge on any atom is 0.242 e. The van der Waals surface area contributed by atoms with Crippen molar-refractivity contribution >= 4 is 29.2 Å². The molecule has 7 nitrogen and oxygen atoms in total. The van der Waals surface area contributed by atoms with Gasteiger partial charge in [0, 0.05) is 37.5 Å². The van der Waals surface area contributed by atoms with Crippen molar-refractivity contribution in [1.82, 2.24) is 9.80 Å². The second-order valence-corrected chi connectivity index (χ2v) is 8.64. The zero-order valence-electron chi connectivity index (χ0n) is 16.2. The van der Waals surface area contributed by atoms with E-state index in [1.54, 1.807) is 28.0 Å². The number of carbonyl (C=O) groups is 3. The van der Waals surface area contributed by atoms with Crippen LogP contribution in [0.15, 0.2) is 18.2 Å². The van der Waals surface area contributed by atoms with Crippen molar-refractivity contribution in [3.05, 3.63) is 28.8 Å². The molecule has 0 saturated carbocycles. The van der Waals surface area contributed by atoms with E-state index in [1.807, 2.05) is 0 Å². The Balaban J connectivity index is 1.43. The molecule has 0 bridgehead atoms. The Morgan fingerprint density at radius 3 is 2.72 bits per heavy atom. The van der Waals surface area contributed by atoms with Gasteiger partial charge in [-0.1, -0.05) is 11.6 Å². The molecule has 1 aromatic carbocycles. The summed E-state index contributed by atoms with van der Waals surface area (Å²) >= 11 is 6.00. The van der Waals surface area contributed by atoms with Gasteiger partial charge in [-0.3, -0.25) is 14.4 Å². The van der Waals surface area contributed by atoms with Crippen LogP contribution < -0.4 is 4.74 Å². The summed E-state index contributed by atoms with van der Waals surface area (Å²) in [6.07, 6.45) is 2.18. The van der Waals surface area contributed by atoms with Crippen LogP contribution in [0.25, 0.3) is 0 Å². The number of fused-ring (bicyclic) bond motifs is 1. The summed E-state index contributed by atoms with van der Waals surface area (Å²) in [5, 5.41) is 10.1. The monoisotopic (exact) mass is 420 g/mol. The number of hydrogen-bond donors (Lipinski definition) is 1. The van der Waals surface area contributed by atoms with Crippen molar-refractivity contribution in [1.29, 1.82) is 0 Å². The number of ketones is 1. The average Bonchev–Trinajstić information content (AvgIpc) is 2.83. The first-order valence-corrected chi connectivity index (χ1v) is 10.5. The molecule has 156 valence electrons. The Morgan fingerprint density at radius 1 is 1.21 bits per heavy atom. The maximum absolute atomic E-state index is 12.7. The number of benzene rings is 1. The number of amides is 2. The first-order valence-electron chi connectivity index (χ1n) is 10.1. The number of ether oxygens (including phenoxy) is 1. The SMILES string of the molecule is O=C1C[C@@]2(CCC(=O)N(CC(=O)N3CCC(O)CC3)CC2)Oc2ccc(Cl)cc21. The third-order valence-electron chi connectivity index (χ3n) is 6.18. The molecule has 8 heteroatoms. The fourth-order valence-electron chi connectivity index (χ4n) is 4.37. The van der Waals surface area contributed by atoms with Gasteiger partial charge >= 0.3 is 0 Å². The van der Waals surface area contributed by atoms with Crippen molar-refractivity contribution < 1.29 is 24.2 Å². The predicted molar refractivity (Wildman–Crippen MR) is 106 cm³/mol. The highest BCUT2D eigenvalue weighted by atomic mass is 35.5. The van der Waals surface area contributed by atoms with Gasteiger partial charge in [-0.05, 0) is 37.5 Å². The Morgan fingerprint density at radius 2 is 1.97 bits per heavy atom. The lowest BCUT2D eigenvalue weighted by Crippen LogP contribution is -2.47. The van der Waals surface area contributed by atoms with Crippen LogP contribution >= 0.6 is 11.6 Å². The number of rotatable bonds is 2. The zero-order chi connectivity index (χ0) is 20.6. The number of carbonyl (C=O) groups excluding carboxylic acids is 3. The number of aliphatic hydroxyl groups excluding tert-OH is 1. The maximum atomic E-state index is 12.7. The fourth-order valence-corrected chi connectivity index (χ4v) is 4.54. The molecule has 3 heterocycles. The van der Waals surface area contributed by atoms with E-state index in [2.05, 4.69) is 0 Å². The first kappa shape index (κ1) is 20.2. The molecule has 3 aliphatic heterocycles. The fraction of sp³-hybridized carbons (Fsp3) is 0.571. The minimum absolute atomic E-state index is 0.0300. The van der Waals surface area contributed by atoms with E-state index >= 15 is 0 Å². The van der Waals surface area contributed by atoms with Crippen LogP contribution in [0.2, 0.25) is 5.02 Å². The molecule has 3 aliphatic rings. The van der Waals surface area contributed by atoms with Gasteiger partial charge in [0.2, 0.25) is 11.8 Å². The summed E-state index contributed by atoms with van der Waals surface area (Å²) in [5.74, 6) is 0.291. The van der Waals surface area contributed by atoms with E-state index in [4.69, 9.17) is 16.3 Å². The van der Waals surface area contributed by atoms with Crippen LogP contribution in [0.5, 0.6) is 5.75 Å². The minimum atomic E-state index is -0.722. The molecule has 0 unspecified atom stereocenters. The third-order valence-corrected chi connectivity index (χ3v) is 6.41. The molecule has 2 saturated heterocycles. The van der Waals surface area contributed by atoms with Crippen LogP contribution in [0.4, 0.5) is 0 Å². The molecule has 1 spiro atoms. The molecular formula is C21H25ClN2O5. The second-order valence-electron chi connectivity index (χ2n) is 8.20. The van der Waals surface area contributed by atoms with Gasteiger partial charge in [-0.25, -0.2) is 0 Å². The molecule has 1 atom stereocenters. The summed E-state index contributed by atoms with van der Waals surface area (Å²) in [6.45, 7) is 1.44. The Labute approximate surface area is 174 Å². The molecule has 4 rings (SSSR count). The highest BCUT2D eigenvalue weighted by molar-refractivity contribution is 6.31. The van der Waals surface area contributed by atoms with Gasteiger partial charge in [0.05, 0.1) is 24.6 Å². The molecule has 0 radical (unpaired) electrons. The lowest BCUT2D eigenvalue weighted by Gasteiger charge is -2.37. The van der Waals surface area contributed by atoms with Crippen molar-refractivity contribution in [3.8, 4) is 5.75 Å². The molecular weight excluding hydrogens is 396 g/mol. The number of hydrogen-bond acceptors (Lipinski definition) is 5. The molecule has 2 fully saturated rings. The van der Waals surface area contributed by atoms with Crippen LogP contribution in [-0.2, 0) is 9.59 Å². The van der Waals surface area contributed by atoms with E-state index in [9.17, 15) is 19.5 Å². The summed E-state index contributed by atoms with van der Waals surface area (Å²) in [7, 11) is 0. The minimum Gasteiger partial charge on any atom is -0.486 e. The average molecular weight is 421 g/mol. The van der Waals surface area contributed by atoms with E-state index in [1.165, 1.54) is 0 Å². The van der Waals surface area contributed by atoms with E-state index in [0.29, 0.717) is 61.7 Å². The largest absolute Gasteiger partial charge is 0.486 e. The highest BCUT2D eigenvalue weighted by Gasteiger charge is 2.43. The van der Waals surface area contributed by atoms with Gasteiger partial charge in [-0.2, -0.15) is 0 Å². The van der Waals surface area contributed by atoms with E-state index in [0.717, 1.165) is 0 Å². The van der Waals surface area contributed by atoms with Gasteiger partial charge in [0.25, 0.3) is 0 Å². The normalized spacial score (nSPS) is 25.6. The van der Waals surface area contributed by atoms with Gasteiger partial charge < -0.3 is 19.6 Å². The standard InChI is InChI=1S/C21H25ClN2O5/c22-14-1-2-18-16(11-14)17(26)12-21(29-18)6-3-19(27)24(10-7-21)13-20(28)23-8-4-15(25)5-9-23/h1-2,11,15,25H,3-10,12-13H2/t21-/m0/s1. The number of Topliss-reactive ketones (excluding diaryl/α,β-unsaturated/α-hetero) is 1. The second kappa shape index (κ2) is 7.95. The van der Waals surface area contributed by atoms with E-state index in [-0.39, 0.29) is 43.1 Å². The summed E-state index contributed by atoms with van der Waals surface area (Å²) < 4.78 is 6.21. The predicted octanol–water partition coefficient (Wildman–Crippen LogP) is 2.04. The van der Waals surface area contributed by atoms with Gasteiger partial charge in [0.1, 0.15) is 11.4 Å². The molecule has 1 aromatic rings. The first-order chi connectivity index (χ1) is 13.8. The quantitative estimate of drug-likeness (QED) is 0.791. The van der Waals surface area contributed by atoms with Crippen molar-refractivity contribution in [2.75, 3.05) is 26.2 Å². The van der Waals surface area contributed by atoms with Crippen LogP contribution in [0, 0.1) is 0 Å². The number of aliphatic hydroxyl groups is 1. The van der Waals surface area contributed by atoms with Crippen LogP contribution in [0.3, 0.4) is 0 Å². The number of likely N-dealkylation sites (tertiary alicyclic amines) is 2. The van der Waals surface area contributed by atoms with Gasteiger partial charge in [0.15, 0.2) is 5.78 Å². The third kappa shape index (κ3) is 4.26. The van der Waals surface area contributed by atoms with Crippen molar-refractivity contribution in [2.24, 2.45) is 0 Å². The lowest BCUT2D eigenvalue weighted by molar-refractivity contribution is -0.141. The molecule has 0 aliphatic carbocycles. The van der Waals surface area contributed by atoms with Crippen LogP contribution in [-0.4, -0.2) is 70.4 Å². The smallest absolute Gasteiger partial charge is 0.242 e. The lowest BCUT2D eigenvalue weighted by atomic mass is 9.84. The molecule has 0 aromatic heterocycles. The number of piperidine rings is 1. The number of halogens is 1. The Hall–Kier alpha value is -2.12. The summed E-state index contributed by atoms with van der Waals surface area (Å²) in [4.78, 5) is 41.2. The zero-order valence-corrected chi connectivity index (χ0v) is 17.0. The Kier molecular flexibility index (Phi) is 5.53. The van der Waals surface area contributed by atoms with E-state index < -0.39 is 5.60 Å². The molecule has 2 amide bonds. The summed E-state index contributed by atoms with van der Waals surface area (Å²) in [5.41, 5.74) is -0.237. The highest BCUT2D eigenvalue weighted by Crippen LogP contribution is 2.40. The topological polar surface area (TPSA) is 87.2 Å². The van der Waals surface area contributed by atoms with Crippen LogP contribution in [0.1, 0.15) is 48.9 Å². The Bertz CT molecular complexity index is 836. The number of nitrogens with zero attached hydrogens (tertiary/aromatic N) is 2. The van der Waals surface area contributed by atoms with Crippen molar-refractivity contribution in [3.63, 3.8) is 0 Å². The van der Waals surface area contributed by atoms with Gasteiger partial charge in [-0.15, -0.1) is 0 Å². The molecule has 29 heavy (non-hydrogen) atoms. The van der Waals surface area contributed by atoms with Crippen molar-refractivity contribution in [2.45, 2.75) is 50.2 Å². The summed E-state index contributed by atoms with van der Waals surface area (Å²) in [6, 6.07) is 5.01. The molecule has 1 N–H and O–H groups in total.